The second kappa shape index (κ2) is 10.4. The summed E-state index contributed by atoms with van der Waals surface area (Å²) in [7, 11) is 0. The van der Waals surface area contributed by atoms with E-state index < -0.39 is 0 Å². The van der Waals surface area contributed by atoms with Crippen molar-refractivity contribution in [2.45, 2.75) is 32.2 Å². The van der Waals surface area contributed by atoms with Crippen LogP contribution in [0.25, 0.3) is 0 Å². The van der Waals surface area contributed by atoms with Crippen molar-refractivity contribution in [1.82, 2.24) is 15.6 Å². The van der Waals surface area contributed by atoms with Crippen molar-refractivity contribution in [3.8, 4) is 0 Å². The molecule has 0 spiro atoms. The van der Waals surface area contributed by atoms with Crippen LogP contribution in [-0.4, -0.2) is 35.9 Å². The van der Waals surface area contributed by atoms with Crippen LogP contribution in [0.4, 0.5) is 5.82 Å². The molecule has 2 amide bonds. The number of aromatic nitrogens is 1. The third-order valence-electron chi connectivity index (χ3n) is 3.18. The topological polar surface area (TPSA) is 83.1 Å². The first-order valence-electron chi connectivity index (χ1n) is 6.90. The summed E-state index contributed by atoms with van der Waals surface area (Å²) in [6, 6.07) is 5.35. The Hall–Kier alpha value is -1.37. The van der Waals surface area contributed by atoms with Crippen molar-refractivity contribution in [3.05, 3.63) is 23.9 Å². The summed E-state index contributed by atoms with van der Waals surface area (Å²) < 4.78 is 0. The van der Waals surface area contributed by atoms with E-state index in [1.165, 1.54) is 0 Å². The molecule has 1 saturated heterocycles. The van der Waals surface area contributed by atoms with Gasteiger partial charge in [0.05, 0.1) is 6.04 Å². The molecule has 1 atom stereocenters. The van der Waals surface area contributed by atoms with E-state index in [9.17, 15) is 9.59 Å². The molecule has 2 heterocycles. The van der Waals surface area contributed by atoms with Crippen LogP contribution in [0.15, 0.2) is 18.2 Å². The number of anilines is 1. The predicted molar refractivity (Wildman–Crippen MR) is 90.8 cm³/mol. The number of nitrogens with zero attached hydrogens (tertiary/aromatic N) is 1. The molecule has 0 bridgehead atoms. The second-order valence-electron chi connectivity index (χ2n) is 4.90. The summed E-state index contributed by atoms with van der Waals surface area (Å²) in [5, 5.41) is 8.60. The maximum absolute atomic E-state index is 11.7. The van der Waals surface area contributed by atoms with Crippen LogP contribution in [0, 0.1) is 6.92 Å². The van der Waals surface area contributed by atoms with Gasteiger partial charge in [-0.15, -0.1) is 24.8 Å². The zero-order valence-corrected chi connectivity index (χ0v) is 14.1. The number of pyridine rings is 1. The van der Waals surface area contributed by atoms with Crippen molar-refractivity contribution in [1.29, 1.82) is 0 Å². The molecule has 1 aliphatic rings. The highest BCUT2D eigenvalue weighted by molar-refractivity contribution is 5.90. The highest BCUT2D eigenvalue weighted by Gasteiger charge is 2.21. The SMILES string of the molecule is Cc1cccc(NC(=O)CCNC(=O)C2CCCN2)n1.Cl.Cl. The minimum absolute atomic E-state index is 0. The molecular formula is C14H22Cl2N4O2. The third-order valence-corrected chi connectivity index (χ3v) is 3.18. The minimum Gasteiger partial charge on any atom is -0.354 e. The molecule has 2 rings (SSSR count). The van der Waals surface area contributed by atoms with E-state index in [1.54, 1.807) is 6.07 Å². The molecule has 22 heavy (non-hydrogen) atoms. The second-order valence-corrected chi connectivity index (χ2v) is 4.90. The molecule has 8 heteroatoms. The molecular weight excluding hydrogens is 327 g/mol. The molecule has 1 unspecified atom stereocenters. The fourth-order valence-corrected chi connectivity index (χ4v) is 2.15. The van der Waals surface area contributed by atoms with E-state index in [2.05, 4.69) is 20.9 Å². The van der Waals surface area contributed by atoms with Crippen molar-refractivity contribution in [2.75, 3.05) is 18.4 Å². The Morgan fingerprint density at radius 3 is 2.77 bits per heavy atom. The van der Waals surface area contributed by atoms with Gasteiger partial charge in [0.1, 0.15) is 5.82 Å². The van der Waals surface area contributed by atoms with Gasteiger partial charge in [-0.1, -0.05) is 6.07 Å². The summed E-state index contributed by atoms with van der Waals surface area (Å²) in [4.78, 5) is 27.6. The van der Waals surface area contributed by atoms with Crippen molar-refractivity contribution >= 4 is 42.4 Å². The van der Waals surface area contributed by atoms with Crippen LogP contribution in [0.3, 0.4) is 0 Å². The molecule has 1 aromatic heterocycles. The van der Waals surface area contributed by atoms with Gasteiger partial charge >= 0.3 is 0 Å². The van der Waals surface area contributed by atoms with Crippen LogP contribution in [-0.2, 0) is 9.59 Å². The highest BCUT2D eigenvalue weighted by Crippen LogP contribution is 2.05. The Labute approximate surface area is 142 Å². The zero-order valence-electron chi connectivity index (χ0n) is 12.4. The highest BCUT2D eigenvalue weighted by atomic mass is 35.5. The molecule has 1 fully saturated rings. The number of carbonyl (C=O) groups excluding carboxylic acids is 2. The largest absolute Gasteiger partial charge is 0.354 e. The third kappa shape index (κ3) is 6.60. The Balaban J connectivity index is 0.00000220. The number of halogens is 2. The van der Waals surface area contributed by atoms with Crippen LogP contribution in [0.2, 0.25) is 0 Å². The number of carbonyl (C=O) groups is 2. The molecule has 124 valence electrons. The molecule has 1 aliphatic heterocycles. The van der Waals surface area contributed by atoms with Gasteiger partial charge in [-0.2, -0.15) is 0 Å². The minimum atomic E-state index is -0.150. The molecule has 0 saturated carbocycles. The maximum Gasteiger partial charge on any atom is 0.237 e. The standard InChI is InChI=1S/C14H20N4O2.2ClH/c1-10-4-2-6-12(17-10)18-13(19)7-9-16-14(20)11-5-3-8-15-11;;/h2,4,6,11,15H,3,5,7-9H2,1H3,(H,16,20)(H,17,18,19);2*1H. The van der Waals surface area contributed by atoms with Crippen molar-refractivity contribution in [3.63, 3.8) is 0 Å². The average molecular weight is 349 g/mol. The van der Waals surface area contributed by atoms with Gasteiger partial charge in [0.25, 0.3) is 0 Å². The zero-order chi connectivity index (χ0) is 14.4. The summed E-state index contributed by atoms with van der Waals surface area (Å²) in [6.07, 6.45) is 2.14. The van der Waals surface area contributed by atoms with Crippen molar-refractivity contribution in [2.24, 2.45) is 0 Å². The van der Waals surface area contributed by atoms with Crippen LogP contribution < -0.4 is 16.0 Å². The lowest BCUT2D eigenvalue weighted by Gasteiger charge is -2.11. The van der Waals surface area contributed by atoms with Crippen LogP contribution in [0.5, 0.6) is 0 Å². The first-order chi connectivity index (χ1) is 9.65. The van der Waals surface area contributed by atoms with Gasteiger partial charge < -0.3 is 16.0 Å². The fraction of sp³-hybridized carbons (Fsp3) is 0.500. The summed E-state index contributed by atoms with van der Waals surface area (Å²) in [6.45, 7) is 3.09. The number of hydrogen-bond acceptors (Lipinski definition) is 4. The molecule has 0 aliphatic carbocycles. The van der Waals surface area contributed by atoms with Gasteiger partial charge in [0.2, 0.25) is 11.8 Å². The number of rotatable bonds is 5. The van der Waals surface area contributed by atoms with E-state index >= 15 is 0 Å². The normalized spacial score (nSPS) is 16.1. The molecule has 0 radical (unpaired) electrons. The van der Waals surface area contributed by atoms with E-state index in [1.807, 2.05) is 19.1 Å². The summed E-state index contributed by atoms with van der Waals surface area (Å²) in [5.74, 6) is 0.366. The van der Waals surface area contributed by atoms with E-state index in [4.69, 9.17) is 0 Å². The lowest BCUT2D eigenvalue weighted by atomic mass is 10.2. The first kappa shape index (κ1) is 20.6. The van der Waals surface area contributed by atoms with Gasteiger partial charge in [-0.25, -0.2) is 4.98 Å². The van der Waals surface area contributed by atoms with E-state index in [0.29, 0.717) is 12.4 Å². The smallest absolute Gasteiger partial charge is 0.237 e. The fourth-order valence-electron chi connectivity index (χ4n) is 2.15. The predicted octanol–water partition coefficient (Wildman–Crippen LogP) is 1.43. The molecule has 3 N–H and O–H groups in total. The lowest BCUT2D eigenvalue weighted by molar-refractivity contribution is -0.122. The van der Waals surface area contributed by atoms with Gasteiger partial charge in [0.15, 0.2) is 0 Å². The Bertz CT molecular complexity index is 493. The monoisotopic (exact) mass is 348 g/mol. The van der Waals surface area contributed by atoms with Crippen LogP contribution >= 0.6 is 24.8 Å². The molecule has 1 aromatic rings. The number of amides is 2. The number of nitrogens with one attached hydrogen (secondary N) is 3. The summed E-state index contributed by atoms with van der Waals surface area (Å²) >= 11 is 0. The number of aryl methyl sites for hydroxylation is 1. The quantitative estimate of drug-likeness (QED) is 0.751. The van der Waals surface area contributed by atoms with Gasteiger partial charge in [0, 0.05) is 18.7 Å². The first-order valence-corrected chi connectivity index (χ1v) is 6.90. The Kier molecular flexibility index (Phi) is 9.73. The molecule has 0 aromatic carbocycles. The van der Waals surface area contributed by atoms with Crippen LogP contribution in [0.1, 0.15) is 25.0 Å². The Morgan fingerprint density at radius 2 is 2.14 bits per heavy atom. The number of hydrogen-bond donors (Lipinski definition) is 3. The average Bonchev–Trinajstić information content (AvgIpc) is 2.92. The maximum atomic E-state index is 11.7. The van der Waals surface area contributed by atoms with Gasteiger partial charge in [-0.3, -0.25) is 9.59 Å². The van der Waals surface area contributed by atoms with Crippen molar-refractivity contribution < 1.29 is 9.59 Å². The summed E-state index contributed by atoms with van der Waals surface area (Å²) in [5.41, 5.74) is 0.850. The van der Waals surface area contributed by atoms with E-state index in [-0.39, 0.29) is 49.1 Å². The molecule has 6 nitrogen and oxygen atoms in total. The van der Waals surface area contributed by atoms with Gasteiger partial charge in [-0.05, 0) is 38.4 Å². The lowest BCUT2D eigenvalue weighted by Crippen LogP contribution is -2.41. The Morgan fingerprint density at radius 1 is 1.36 bits per heavy atom. The van der Waals surface area contributed by atoms with E-state index in [0.717, 1.165) is 25.1 Å².